The van der Waals surface area contributed by atoms with E-state index in [-0.39, 0.29) is 35.8 Å². The number of amides is 2. The fourth-order valence-corrected chi connectivity index (χ4v) is 5.94. The molecule has 0 bridgehead atoms. The van der Waals surface area contributed by atoms with E-state index in [0.717, 1.165) is 6.54 Å². The molecule has 3 aliphatic heterocycles. The fraction of sp³-hybridized carbons (Fsp3) is 0.909. The molecule has 4 fully saturated rings. The molecule has 0 aromatic rings. The first kappa shape index (κ1) is 21.1. The maximum absolute atomic E-state index is 12.9. The third-order valence-electron chi connectivity index (χ3n) is 7.20. The second-order valence-electron chi connectivity index (χ2n) is 9.54. The zero-order chi connectivity index (χ0) is 20.4. The fourth-order valence-electron chi connectivity index (χ4n) is 5.94. The van der Waals surface area contributed by atoms with Crippen LogP contribution >= 0.6 is 0 Å². The Kier molecular flexibility index (Phi) is 6.76. The second kappa shape index (κ2) is 9.31. The molecule has 4 rings (SSSR count). The second-order valence-corrected chi connectivity index (χ2v) is 9.54. The van der Waals surface area contributed by atoms with Gasteiger partial charge < -0.3 is 19.7 Å². The van der Waals surface area contributed by atoms with Gasteiger partial charge in [-0.1, -0.05) is 12.8 Å². The molecular formula is C22H37N3O4. The molecule has 1 N–H and O–H groups in total. The van der Waals surface area contributed by atoms with Crippen molar-refractivity contribution >= 4 is 11.8 Å². The Labute approximate surface area is 174 Å². The maximum Gasteiger partial charge on any atom is 0.225 e. The standard InChI is InChI=1S/C22H37N3O4/c1-15(2)23-20(26)11-16-13-25(17-5-3-4-6-17)18-14-29-19(22(16)18)12-21(27)24-7-9-28-10-8-24/h15-19,22H,3-14H2,1-2H3,(H,23,26)/t16-,18-,19+,22-/m1/s1. The topological polar surface area (TPSA) is 71.1 Å². The van der Waals surface area contributed by atoms with Gasteiger partial charge in [0.05, 0.1) is 32.3 Å². The average molecular weight is 408 g/mol. The first-order valence-electron chi connectivity index (χ1n) is 11.5. The highest BCUT2D eigenvalue weighted by molar-refractivity contribution is 5.77. The number of hydrogen-bond acceptors (Lipinski definition) is 5. The molecule has 0 aromatic heterocycles. The van der Waals surface area contributed by atoms with Crippen molar-refractivity contribution in [3.05, 3.63) is 0 Å². The molecule has 4 aliphatic rings. The normalized spacial score (nSPS) is 33.4. The lowest BCUT2D eigenvalue weighted by molar-refractivity contribution is -0.138. The van der Waals surface area contributed by atoms with Gasteiger partial charge in [0.1, 0.15) is 0 Å². The van der Waals surface area contributed by atoms with Crippen molar-refractivity contribution in [1.29, 1.82) is 0 Å². The Morgan fingerprint density at radius 1 is 1.10 bits per heavy atom. The van der Waals surface area contributed by atoms with Gasteiger partial charge in [0.2, 0.25) is 11.8 Å². The number of carbonyl (C=O) groups is 2. The summed E-state index contributed by atoms with van der Waals surface area (Å²) in [5.74, 6) is 0.841. The van der Waals surface area contributed by atoms with E-state index >= 15 is 0 Å². The monoisotopic (exact) mass is 407 g/mol. The smallest absolute Gasteiger partial charge is 0.225 e. The molecule has 0 radical (unpaired) electrons. The quantitative estimate of drug-likeness (QED) is 0.721. The van der Waals surface area contributed by atoms with Gasteiger partial charge in [-0.05, 0) is 32.6 Å². The summed E-state index contributed by atoms with van der Waals surface area (Å²) in [5, 5.41) is 3.05. The van der Waals surface area contributed by atoms with Crippen LogP contribution < -0.4 is 5.32 Å². The molecule has 1 saturated carbocycles. The van der Waals surface area contributed by atoms with Crippen LogP contribution in [0.1, 0.15) is 52.4 Å². The number of ether oxygens (including phenoxy) is 2. The highest BCUT2D eigenvalue weighted by atomic mass is 16.5. The number of nitrogens with zero attached hydrogens (tertiary/aromatic N) is 2. The van der Waals surface area contributed by atoms with Crippen molar-refractivity contribution in [3.8, 4) is 0 Å². The number of rotatable bonds is 6. The van der Waals surface area contributed by atoms with Gasteiger partial charge in [-0.15, -0.1) is 0 Å². The molecule has 0 aromatic carbocycles. The number of likely N-dealkylation sites (tertiary alicyclic amines) is 1. The summed E-state index contributed by atoms with van der Waals surface area (Å²) in [6.07, 6.45) is 6.01. The highest BCUT2D eigenvalue weighted by Crippen LogP contribution is 2.44. The van der Waals surface area contributed by atoms with E-state index in [1.165, 1.54) is 25.7 Å². The number of carbonyl (C=O) groups excluding carboxylic acids is 2. The molecule has 164 valence electrons. The number of hydrogen-bond donors (Lipinski definition) is 1. The van der Waals surface area contributed by atoms with E-state index in [1.807, 2.05) is 18.7 Å². The van der Waals surface area contributed by atoms with Crippen molar-refractivity contribution < 1.29 is 19.1 Å². The van der Waals surface area contributed by atoms with Crippen LogP contribution in [-0.4, -0.2) is 85.3 Å². The van der Waals surface area contributed by atoms with Gasteiger partial charge in [0.15, 0.2) is 0 Å². The van der Waals surface area contributed by atoms with Crippen LogP contribution in [0.2, 0.25) is 0 Å². The lowest BCUT2D eigenvalue weighted by atomic mass is 9.84. The molecule has 3 heterocycles. The Morgan fingerprint density at radius 2 is 1.83 bits per heavy atom. The molecule has 4 atom stereocenters. The zero-order valence-electron chi connectivity index (χ0n) is 18.0. The van der Waals surface area contributed by atoms with E-state index < -0.39 is 0 Å². The van der Waals surface area contributed by atoms with Crippen LogP contribution in [0.4, 0.5) is 0 Å². The Hall–Kier alpha value is -1.18. The number of fused-ring (bicyclic) bond motifs is 1. The summed E-state index contributed by atoms with van der Waals surface area (Å²) in [6.45, 7) is 8.27. The summed E-state index contributed by atoms with van der Waals surface area (Å²) < 4.78 is 11.6. The zero-order valence-corrected chi connectivity index (χ0v) is 18.0. The summed E-state index contributed by atoms with van der Waals surface area (Å²) >= 11 is 0. The first-order valence-corrected chi connectivity index (χ1v) is 11.5. The minimum atomic E-state index is -0.0707. The molecule has 0 spiro atoms. The predicted octanol–water partition coefficient (Wildman–Crippen LogP) is 1.41. The van der Waals surface area contributed by atoms with Gasteiger partial charge in [0.25, 0.3) is 0 Å². The number of nitrogens with one attached hydrogen (secondary N) is 1. The minimum absolute atomic E-state index is 0.0707. The van der Waals surface area contributed by atoms with Gasteiger partial charge in [-0.3, -0.25) is 14.5 Å². The van der Waals surface area contributed by atoms with Crippen molar-refractivity contribution in [2.75, 3.05) is 39.5 Å². The van der Waals surface area contributed by atoms with Crippen molar-refractivity contribution in [2.24, 2.45) is 11.8 Å². The van der Waals surface area contributed by atoms with E-state index in [9.17, 15) is 9.59 Å². The molecular weight excluding hydrogens is 370 g/mol. The first-order chi connectivity index (χ1) is 14.0. The summed E-state index contributed by atoms with van der Waals surface area (Å²) in [4.78, 5) is 29.9. The molecule has 2 amide bonds. The van der Waals surface area contributed by atoms with Crippen LogP contribution in [0.5, 0.6) is 0 Å². The third kappa shape index (κ3) is 4.78. The summed E-state index contributed by atoms with van der Waals surface area (Å²) in [7, 11) is 0. The molecule has 29 heavy (non-hydrogen) atoms. The molecule has 7 heteroatoms. The Bertz CT molecular complexity index is 587. The summed E-state index contributed by atoms with van der Waals surface area (Å²) in [5.41, 5.74) is 0. The van der Waals surface area contributed by atoms with E-state index in [1.54, 1.807) is 0 Å². The largest absolute Gasteiger partial charge is 0.378 e. The molecule has 0 unspecified atom stereocenters. The van der Waals surface area contributed by atoms with Crippen molar-refractivity contribution in [3.63, 3.8) is 0 Å². The van der Waals surface area contributed by atoms with Gasteiger partial charge in [-0.25, -0.2) is 0 Å². The van der Waals surface area contributed by atoms with Crippen LogP contribution in [0.15, 0.2) is 0 Å². The molecule has 7 nitrogen and oxygen atoms in total. The maximum atomic E-state index is 12.9. The van der Waals surface area contributed by atoms with Gasteiger partial charge >= 0.3 is 0 Å². The lowest BCUT2D eigenvalue weighted by Gasteiger charge is -2.29. The van der Waals surface area contributed by atoms with Gasteiger partial charge in [0, 0.05) is 50.1 Å². The average Bonchev–Trinajstić information content (AvgIpc) is 3.41. The lowest BCUT2D eigenvalue weighted by Crippen LogP contribution is -2.43. The van der Waals surface area contributed by atoms with E-state index in [2.05, 4.69) is 10.2 Å². The van der Waals surface area contributed by atoms with Crippen molar-refractivity contribution in [2.45, 2.75) is 76.6 Å². The van der Waals surface area contributed by atoms with E-state index in [4.69, 9.17) is 9.47 Å². The molecule has 3 saturated heterocycles. The van der Waals surface area contributed by atoms with E-state index in [0.29, 0.717) is 57.8 Å². The van der Waals surface area contributed by atoms with Crippen LogP contribution in [0.3, 0.4) is 0 Å². The SMILES string of the molecule is CC(C)NC(=O)C[C@@H]1CN(C2CCCC2)[C@@H]2CO[C@@H](CC(=O)N3CCOCC3)[C@H]12. The highest BCUT2D eigenvalue weighted by Gasteiger charge is 2.53. The van der Waals surface area contributed by atoms with Crippen LogP contribution in [0, 0.1) is 11.8 Å². The van der Waals surface area contributed by atoms with Crippen LogP contribution in [0.25, 0.3) is 0 Å². The third-order valence-corrected chi connectivity index (χ3v) is 7.20. The predicted molar refractivity (Wildman–Crippen MR) is 109 cm³/mol. The number of morpholine rings is 1. The Morgan fingerprint density at radius 3 is 2.52 bits per heavy atom. The van der Waals surface area contributed by atoms with Crippen LogP contribution in [-0.2, 0) is 19.1 Å². The van der Waals surface area contributed by atoms with Gasteiger partial charge in [-0.2, -0.15) is 0 Å². The van der Waals surface area contributed by atoms with Crippen molar-refractivity contribution in [1.82, 2.24) is 15.1 Å². The summed E-state index contributed by atoms with van der Waals surface area (Å²) in [6, 6.07) is 1.14. The Balaban J connectivity index is 1.44. The molecule has 1 aliphatic carbocycles. The minimum Gasteiger partial charge on any atom is -0.378 e.